The van der Waals surface area contributed by atoms with Crippen LogP contribution < -0.4 is 0 Å². The Bertz CT molecular complexity index is 469. The third-order valence-corrected chi connectivity index (χ3v) is 5.82. The molecule has 0 aromatic rings. The monoisotopic (exact) mass is 343 g/mol. The van der Waals surface area contributed by atoms with E-state index in [0.717, 1.165) is 32.1 Å². The van der Waals surface area contributed by atoms with Crippen molar-refractivity contribution >= 4 is 20.3 Å². The lowest BCUT2D eigenvalue weighted by Gasteiger charge is -2.45. The first kappa shape index (κ1) is 18.4. The van der Waals surface area contributed by atoms with Gasteiger partial charge in [0.1, 0.15) is 5.70 Å². The van der Waals surface area contributed by atoms with Crippen molar-refractivity contribution in [1.82, 2.24) is 4.90 Å². The topological polar surface area (TPSA) is 76.1 Å². The lowest BCUT2D eigenvalue weighted by Crippen LogP contribution is -2.55. The smallest absolute Gasteiger partial charge is 0.353 e. The van der Waals surface area contributed by atoms with E-state index in [9.17, 15) is 14.7 Å². The Kier molecular flexibility index (Phi) is 7.00. The zero-order valence-corrected chi connectivity index (χ0v) is 14.8. The molecule has 0 bridgehead atoms. The molecule has 130 valence electrons. The average Bonchev–Trinajstić information content (AvgIpc) is 2.52. The van der Waals surface area contributed by atoms with E-state index in [1.165, 1.54) is 4.90 Å². The SMILES string of the molecule is CCCCOP(OCCCC)C1=C(C(=O)O)N2C(=O)CC2CC1. The second-order valence-electron chi connectivity index (χ2n) is 5.89. The summed E-state index contributed by atoms with van der Waals surface area (Å²) in [4.78, 5) is 25.0. The van der Waals surface area contributed by atoms with Gasteiger partial charge in [-0.3, -0.25) is 4.79 Å². The predicted molar refractivity (Wildman–Crippen MR) is 87.8 cm³/mol. The van der Waals surface area contributed by atoms with Crippen LogP contribution in [0.3, 0.4) is 0 Å². The Morgan fingerprint density at radius 2 is 1.87 bits per heavy atom. The number of amides is 1. The van der Waals surface area contributed by atoms with Gasteiger partial charge < -0.3 is 19.1 Å². The molecule has 0 radical (unpaired) electrons. The maximum atomic E-state index is 11.8. The molecular weight excluding hydrogens is 317 g/mol. The molecular formula is C16H26NO5P. The number of carbonyl (C=O) groups excluding carboxylic acids is 1. The number of aliphatic carboxylic acids is 1. The van der Waals surface area contributed by atoms with Crippen molar-refractivity contribution in [3.8, 4) is 0 Å². The van der Waals surface area contributed by atoms with Crippen LogP contribution in [0.2, 0.25) is 0 Å². The summed E-state index contributed by atoms with van der Waals surface area (Å²) < 4.78 is 11.8. The van der Waals surface area contributed by atoms with Gasteiger partial charge in [-0.15, -0.1) is 0 Å². The van der Waals surface area contributed by atoms with Crippen molar-refractivity contribution in [2.45, 2.75) is 64.8 Å². The number of fused-ring (bicyclic) bond motifs is 1. The molecule has 2 heterocycles. The maximum absolute atomic E-state index is 11.8. The van der Waals surface area contributed by atoms with Crippen LogP contribution >= 0.6 is 8.38 Å². The van der Waals surface area contributed by atoms with Gasteiger partial charge in [0.2, 0.25) is 14.3 Å². The third kappa shape index (κ3) is 4.31. The van der Waals surface area contributed by atoms with Crippen LogP contribution in [-0.2, 0) is 18.6 Å². The van der Waals surface area contributed by atoms with Crippen molar-refractivity contribution in [3.63, 3.8) is 0 Å². The maximum Gasteiger partial charge on any atom is 0.353 e. The molecule has 0 spiro atoms. The number of allylic oxidation sites excluding steroid dienone is 1. The molecule has 1 fully saturated rings. The highest BCUT2D eigenvalue weighted by Gasteiger charge is 2.46. The summed E-state index contributed by atoms with van der Waals surface area (Å²) in [5.41, 5.74) is 0.108. The number of rotatable bonds is 10. The Labute approximate surface area is 138 Å². The molecule has 0 saturated carbocycles. The van der Waals surface area contributed by atoms with Crippen LogP contribution in [0.4, 0.5) is 0 Å². The zero-order valence-electron chi connectivity index (χ0n) is 13.9. The highest BCUT2D eigenvalue weighted by molar-refractivity contribution is 7.52. The molecule has 6 nitrogen and oxygen atoms in total. The first-order valence-corrected chi connectivity index (χ1v) is 9.62. The van der Waals surface area contributed by atoms with Crippen molar-refractivity contribution in [2.75, 3.05) is 13.2 Å². The first-order chi connectivity index (χ1) is 11.1. The molecule has 1 amide bonds. The van der Waals surface area contributed by atoms with Crippen molar-refractivity contribution in [3.05, 3.63) is 11.0 Å². The Balaban J connectivity index is 2.19. The van der Waals surface area contributed by atoms with Crippen LogP contribution in [-0.4, -0.2) is 41.1 Å². The normalized spacial score (nSPS) is 20.7. The Hall–Kier alpha value is -0.970. The van der Waals surface area contributed by atoms with Gasteiger partial charge in [0.05, 0.1) is 13.2 Å². The molecule has 0 aromatic carbocycles. The number of nitrogens with zero attached hydrogens (tertiary/aromatic N) is 1. The minimum atomic E-state index is -1.40. The molecule has 7 heteroatoms. The van der Waals surface area contributed by atoms with Gasteiger partial charge in [-0.25, -0.2) is 4.79 Å². The number of unbranched alkanes of at least 4 members (excludes halogenated alkanes) is 2. The van der Waals surface area contributed by atoms with Gasteiger partial charge in [-0.1, -0.05) is 26.7 Å². The fourth-order valence-corrected chi connectivity index (χ4v) is 4.43. The van der Waals surface area contributed by atoms with E-state index in [4.69, 9.17) is 9.05 Å². The van der Waals surface area contributed by atoms with Gasteiger partial charge in [-0.2, -0.15) is 0 Å². The predicted octanol–water partition coefficient (Wildman–Crippen LogP) is 3.62. The summed E-state index contributed by atoms with van der Waals surface area (Å²) in [6.07, 6.45) is 5.74. The molecule has 2 aliphatic rings. The minimum absolute atomic E-state index is 0.0421. The van der Waals surface area contributed by atoms with E-state index in [-0.39, 0.29) is 17.6 Å². The van der Waals surface area contributed by atoms with Crippen LogP contribution in [0.25, 0.3) is 0 Å². The molecule has 0 aromatic heterocycles. The number of hydrogen-bond donors (Lipinski definition) is 1. The van der Waals surface area contributed by atoms with E-state index in [2.05, 4.69) is 13.8 Å². The van der Waals surface area contributed by atoms with Crippen molar-refractivity contribution in [2.24, 2.45) is 0 Å². The summed E-state index contributed by atoms with van der Waals surface area (Å²) >= 11 is 0. The standard InChI is InChI=1S/C16H26NO5P/c1-3-5-9-21-23(22-10-6-4-2)13-8-7-12-11-14(18)17(12)15(13)16(19)20/h12H,3-11H2,1-2H3,(H,19,20). The minimum Gasteiger partial charge on any atom is -0.477 e. The van der Waals surface area contributed by atoms with Crippen LogP contribution in [0.1, 0.15) is 58.8 Å². The number of β-lactam (4-membered cyclic amide) rings is 1. The fraction of sp³-hybridized carbons (Fsp3) is 0.750. The fourth-order valence-electron chi connectivity index (χ4n) is 2.76. The van der Waals surface area contributed by atoms with Crippen LogP contribution in [0.5, 0.6) is 0 Å². The van der Waals surface area contributed by atoms with E-state index < -0.39 is 14.3 Å². The van der Waals surface area contributed by atoms with Crippen LogP contribution in [0, 0.1) is 0 Å². The lowest BCUT2D eigenvalue weighted by atomic mass is 9.91. The van der Waals surface area contributed by atoms with Crippen molar-refractivity contribution < 1.29 is 23.7 Å². The molecule has 0 aliphatic carbocycles. The molecule has 23 heavy (non-hydrogen) atoms. The zero-order chi connectivity index (χ0) is 16.8. The number of carbonyl (C=O) groups is 2. The quantitative estimate of drug-likeness (QED) is 0.372. The summed E-state index contributed by atoms with van der Waals surface area (Å²) in [5, 5.41) is 10.3. The molecule has 2 rings (SSSR count). The van der Waals surface area contributed by atoms with Crippen molar-refractivity contribution in [1.29, 1.82) is 0 Å². The lowest BCUT2D eigenvalue weighted by molar-refractivity contribution is -0.150. The van der Waals surface area contributed by atoms with E-state index in [0.29, 0.717) is 31.4 Å². The molecule has 1 saturated heterocycles. The second-order valence-corrected chi connectivity index (χ2v) is 7.46. The first-order valence-electron chi connectivity index (χ1n) is 8.44. The highest BCUT2D eigenvalue weighted by atomic mass is 31.2. The number of carboxylic acids is 1. The van der Waals surface area contributed by atoms with Gasteiger partial charge >= 0.3 is 5.97 Å². The van der Waals surface area contributed by atoms with Gasteiger partial charge in [0, 0.05) is 17.8 Å². The number of hydrogen-bond acceptors (Lipinski definition) is 4. The average molecular weight is 343 g/mol. The third-order valence-electron chi connectivity index (χ3n) is 4.11. The molecule has 1 N–H and O–H groups in total. The van der Waals surface area contributed by atoms with Gasteiger partial charge in [0.25, 0.3) is 0 Å². The van der Waals surface area contributed by atoms with E-state index >= 15 is 0 Å². The van der Waals surface area contributed by atoms with Crippen LogP contribution in [0.15, 0.2) is 11.0 Å². The van der Waals surface area contributed by atoms with E-state index in [1.807, 2.05) is 0 Å². The van der Waals surface area contributed by atoms with E-state index in [1.54, 1.807) is 0 Å². The summed E-state index contributed by atoms with van der Waals surface area (Å²) in [6, 6.07) is 0.0421. The second kappa shape index (κ2) is 8.76. The van der Waals surface area contributed by atoms with Gasteiger partial charge in [0.15, 0.2) is 0 Å². The molecule has 1 atom stereocenters. The molecule has 2 aliphatic heterocycles. The Morgan fingerprint density at radius 1 is 1.26 bits per heavy atom. The van der Waals surface area contributed by atoms with Gasteiger partial charge in [-0.05, 0) is 25.7 Å². The summed E-state index contributed by atoms with van der Waals surface area (Å²) in [7, 11) is -1.40. The molecule has 1 unspecified atom stereocenters. The largest absolute Gasteiger partial charge is 0.477 e. The summed E-state index contributed by atoms with van der Waals surface area (Å²) in [5.74, 6) is -1.16. The summed E-state index contributed by atoms with van der Waals surface area (Å²) in [6.45, 7) is 5.27. The number of carboxylic acid groups (broad SMARTS) is 1. The Morgan fingerprint density at radius 3 is 2.35 bits per heavy atom. The highest BCUT2D eigenvalue weighted by Crippen LogP contribution is 2.54.